The summed E-state index contributed by atoms with van der Waals surface area (Å²) in [6.45, 7) is 6.64. The number of halogens is 1. The Balaban J connectivity index is 1.71. The van der Waals surface area contributed by atoms with Gasteiger partial charge in [0.1, 0.15) is 11.1 Å². The minimum absolute atomic E-state index is 0.0644. The van der Waals surface area contributed by atoms with Crippen molar-refractivity contribution in [1.29, 1.82) is 0 Å². The van der Waals surface area contributed by atoms with Crippen LogP contribution in [0.5, 0.6) is 11.8 Å². The number of aromatic nitrogens is 2. The molecule has 0 aliphatic rings. The van der Waals surface area contributed by atoms with Crippen molar-refractivity contribution in [2.24, 2.45) is 5.92 Å². The van der Waals surface area contributed by atoms with E-state index in [4.69, 9.17) is 21.1 Å². The zero-order chi connectivity index (χ0) is 23.9. The van der Waals surface area contributed by atoms with Crippen LogP contribution in [0.15, 0.2) is 48.8 Å². The van der Waals surface area contributed by atoms with Crippen molar-refractivity contribution in [2.75, 3.05) is 6.61 Å². The summed E-state index contributed by atoms with van der Waals surface area (Å²) >= 11 is 6.16. The number of esters is 1. The number of rotatable bonds is 15. The van der Waals surface area contributed by atoms with Crippen LogP contribution in [0.4, 0.5) is 0 Å². The summed E-state index contributed by atoms with van der Waals surface area (Å²) in [6, 6.07) is 7.63. The van der Waals surface area contributed by atoms with Gasteiger partial charge in [-0.1, -0.05) is 70.2 Å². The van der Waals surface area contributed by atoms with Crippen LogP contribution >= 0.6 is 11.6 Å². The minimum atomic E-state index is -0.649. The first-order valence-corrected chi connectivity index (χ1v) is 12.5. The standard InChI is InChI=1S/C27H37ClN2O3/c1-4-6-7-8-9-10-11-12-13-18-32-27-29-19-23(20-30-27)22-14-16-24(17-15-22)33-26(31)25(28)21(3)5-2/h4,6,14-17,19-21,25H,5,7-13,18H2,1-3H3. The van der Waals surface area contributed by atoms with Crippen molar-refractivity contribution in [1.82, 2.24) is 9.97 Å². The number of carbonyl (C=O) groups is 1. The molecule has 0 saturated heterocycles. The topological polar surface area (TPSA) is 61.3 Å². The Bertz CT molecular complexity index is 837. The highest BCUT2D eigenvalue weighted by Crippen LogP contribution is 2.23. The molecule has 5 nitrogen and oxygen atoms in total. The second-order valence-electron chi connectivity index (χ2n) is 8.31. The van der Waals surface area contributed by atoms with Crippen LogP contribution in [0.1, 0.15) is 72.1 Å². The van der Waals surface area contributed by atoms with Crippen LogP contribution in [0, 0.1) is 5.92 Å². The summed E-state index contributed by atoms with van der Waals surface area (Å²) in [5, 5.41) is -0.649. The first-order chi connectivity index (χ1) is 16.0. The molecule has 2 unspecified atom stereocenters. The summed E-state index contributed by atoms with van der Waals surface area (Å²) < 4.78 is 11.1. The maximum atomic E-state index is 12.1. The SMILES string of the molecule is CC=CCCCCCCCCOc1ncc(-c2ccc(OC(=O)C(Cl)C(C)CC)cc2)cn1. The Hall–Kier alpha value is -2.40. The lowest BCUT2D eigenvalue weighted by Gasteiger charge is -2.15. The van der Waals surface area contributed by atoms with Crippen LogP contribution in [-0.2, 0) is 4.79 Å². The molecule has 180 valence electrons. The molecule has 0 N–H and O–H groups in total. The molecule has 0 amide bonds. The number of alkyl halides is 1. The van der Waals surface area contributed by atoms with Crippen LogP contribution in [0.25, 0.3) is 11.1 Å². The lowest BCUT2D eigenvalue weighted by atomic mass is 10.1. The fourth-order valence-corrected chi connectivity index (χ4v) is 3.49. The predicted molar refractivity (Wildman–Crippen MR) is 135 cm³/mol. The maximum Gasteiger partial charge on any atom is 0.329 e. The number of nitrogens with zero attached hydrogens (tertiary/aromatic N) is 2. The number of hydrogen-bond donors (Lipinski definition) is 0. The van der Waals surface area contributed by atoms with E-state index in [0.717, 1.165) is 24.0 Å². The molecule has 0 radical (unpaired) electrons. The highest BCUT2D eigenvalue weighted by Gasteiger charge is 2.23. The maximum absolute atomic E-state index is 12.1. The normalized spacial score (nSPS) is 13.1. The van der Waals surface area contributed by atoms with Crippen molar-refractivity contribution in [3.05, 3.63) is 48.8 Å². The van der Waals surface area contributed by atoms with E-state index in [0.29, 0.717) is 18.4 Å². The number of allylic oxidation sites excluding steroid dienone is 2. The number of ether oxygens (including phenoxy) is 2. The van der Waals surface area contributed by atoms with E-state index in [1.165, 1.54) is 38.5 Å². The van der Waals surface area contributed by atoms with Crippen molar-refractivity contribution in [2.45, 2.75) is 77.5 Å². The van der Waals surface area contributed by atoms with E-state index >= 15 is 0 Å². The lowest BCUT2D eigenvalue weighted by Crippen LogP contribution is -2.26. The lowest BCUT2D eigenvalue weighted by molar-refractivity contribution is -0.134. The number of carbonyl (C=O) groups excluding carboxylic acids is 1. The smallest absolute Gasteiger partial charge is 0.329 e. The van der Waals surface area contributed by atoms with Gasteiger partial charge in [0.25, 0.3) is 0 Å². The molecule has 0 spiro atoms. The molecule has 2 rings (SSSR count). The zero-order valence-corrected chi connectivity index (χ0v) is 20.9. The van der Waals surface area contributed by atoms with Gasteiger partial charge in [-0.15, -0.1) is 11.6 Å². The molecule has 1 aromatic carbocycles. The van der Waals surface area contributed by atoms with E-state index in [1.807, 2.05) is 26.0 Å². The van der Waals surface area contributed by atoms with Gasteiger partial charge in [0.15, 0.2) is 0 Å². The van der Waals surface area contributed by atoms with Gasteiger partial charge in [0, 0.05) is 18.0 Å². The van der Waals surface area contributed by atoms with Crippen LogP contribution in [-0.4, -0.2) is 27.9 Å². The van der Waals surface area contributed by atoms with E-state index in [1.54, 1.807) is 24.5 Å². The third-order valence-corrected chi connectivity index (χ3v) is 6.24. The average molecular weight is 473 g/mol. The van der Waals surface area contributed by atoms with Crippen molar-refractivity contribution < 1.29 is 14.3 Å². The molecule has 1 heterocycles. The van der Waals surface area contributed by atoms with Crippen molar-refractivity contribution >= 4 is 17.6 Å². The molecule has 0 aliphatic heterocycles. The summed E-state index contributed by atoms with van der Waals surface area (Å²) in [4.78, 5) is 20.7. The Kier molecular flexibility index (Phi) is 12.6. The molecule has 2 atom stereocenters. The molecule has 6 heteroatoms. The molecule has 0 fully saturated rings. The van der Waals surface area contributed by atoms with E-state index < -0.39 is 11.3 Å². The van der Waals surface area contributed by atoms with E-state index in [9.17, 15) is 4.79 Å². The Morgan fingerprint density at radius 2 is 1.64 bits per heavy atom. The highest BCUT2D eigenvalue weighted by atomic mass is 35.5. The van der Waals surface area contributed by atoms with Crippen molar-refractivity contribution in [3.8, 4) is 22.9 Å². The van der Waals surface area contributed by atoms with Gasteiger partial charge >= 0.3 is 12.0 Å². The molecule has 33 heavy (non-hydrogen) atoms. The van der Waals surface area contributed by atoms with Gasteiger partial charge in [0.2, 0.25) is 0 Å². The Morgan fingerprint density at radius 1 is 1.00 bits per heavy atom. The molecule has 0 aliphatic carbocycles. The quantitative estimate of drug-likeness (QED) is 0.0888. The molecule has 0 saturated carbocycles. The highest BCUT2D eigenvalue weighted by molar-refractivity contribution is 6.30. The summed E-state index contributed by atoms with van der Waals surface area (Å²) in [5.41, 5.74) is 1.80. The fourth-order valence-electron chi connectivity index (χ4n) is 3.27. The average Bonchev–Trinajstić information content (AvgIpc) is 2.85. The summed E-state index contributed by atoms with van der Waals surface area (Å²) in [5.74, 6) is 0.110. The molecular weight excluding hydrogens is 436 g/mol. The Morgan fingerprint density at radius 3 is 2.27 bits per heavy atom. The first-order valence-electron chi connectivity index (χ1n) is 12.1. The molecule has 0 bridgehead atoms. The first kappa shape index (κ1) is 26.8. The van der Waals surface area contributed by atoms with Crippen LogP contribution < -0.4 is 9.47 Å². The zero-order valence-electron chi connectivity index (χ0n) is 20.1. The summed E-state index contributed by atoms with van der Waals surface area (Å²) in [6.07, 6.45) is 17.1. The monoisotopic (exact) mass is 472 g/mol. The van der Waals surface area contributed by atoms with Gasteiger partial charge in [0.05, 0.1) is 6.61 Å². The largest absolute Gasteiger partial charge is 0.463 e. The van der Waals surface area contributed by atoms with Crippen LogP contribution in [0.3, 0.4) is 0 Å². The number of benzene rings is 1. The van der Waals surface area contributed by atoms with Crippen LogP contribution in [0.2, 0.25) is 0 Å². The van der Waals surface area contributed by atoms with E-state index in [2.05, 4.69) is 29.0 Å². The second kappa shape index (κ2) is 15.4. The van der Waals surface area contributed by atoms with Gasteiger partial charge in [-0.2, -0.15) is 0 Å². The molecular formula is C27H37ClN2O3. The van der Waals surface area contributed by atoms with Gasteiger partial charge < -0.3 is 9.47 Å². The third kappa shape index (κ3) is 9.95. The van der Waals surface area contributed by atoms with Gasteiger partial charge in [-0.3, -0.25) is 4.79 Å². The number of hydrogen-bond acceptors (Lipinski definition) is 5. The second-order valence-corrected chi connectivity index (χ2v) is 8.78. The predicted octanol–water partition coefficient (Wildman–Crippen LogP) is 7.39. The Labute approximate surface area is 203 Å². The fraction of sp³-hybridized carbons (Fsp3) is 0.519. The van der Waals surface area contributed by atoms with Crippen molar-refractivity contribution in [3.63, 3.8) is 0 Å². The third-order valence-electron chi connectivity index (χ3n) is 5.63. The number of unbranched alkanes of at least 4 members (excludes halogenated alkanes) is 6. The minimum Gasteiger partial charge on any atom is -0.463 e. The van der Waals surface area contributed by atoms with Gasteiger partial charge in [-0.05, 0) is 49.8 Å². The molecule has 2 aromatic rings. The van der Waals surface area contributed by atoms with Gasteiger partial charge in [-0.25, -0.2) is 9.97 Å². The summed E-state index contributed by atoms with van der Waals surface area (Å²) in [7, 11) is 0. The van der Waals surface area contributed by atoms with E-state index in [-0.39, 0.29) is 5.92 Å². The molecule has 1 aromatic heterocycles.